The lowest BCUT2D eigenvalue weighted by molar-refractivity contribution is 0.00578. The van der Waals surface area contributed by atoms with Crippen LogP contribution in [0.3, 0.4) is 0 Å². The van der Waals surface area contributed by atoms with Gasteiger partial charge in [0.05, 0.1) is 11.2 Å². The van der Waals surface area contributed by atoms with E-state index in [9.17, 15) is 0 Å². The average molecular weight is 563 g/mol. The van der Waals surface area contributed by atoms with Crippen molar-refractivity contribution < 1.29 is 9.31 Å². The molecule has 1 aliphatic heterocycles. The first-order chi connectivity index (χ1) is 20.2. The lowest BCUT2D eigenvalue weighted by Crippen LogP contribution is -2.41. The van der Waals surface area contributed by atoms with E-state index in [0.29, 0.717) is 0 Å². The van der Waals surface area contributed by atoms with Gasteiger partial charge in [-0.25, -0.2) is 0 Å². The van der Waals surface area contributed by atoms with Gasteiger partial charge in [0.2, 0.25) is 0 Å². The van der Waals surface area contributed by atoms with Crippen LogP contribution in [0.1, 0.15) is 27.7 Å². The topological polar surface area (TPSA) is 18.5 Å². The minimum Gasteiger partial charge on any atom is -0.399 e. The van der Waals surface area contributed by atoms with Crippen molar-refractivity contribution >= 4 is 88.8 Å². The average Bonchev–Trinajstić information content (AvgIpc) is 3.55. The number of hydrogen-bond donors (Lipinski definition) is 0. The third-order valence-electron chi connectivity index (χ3n) is 10.0. The minimum absolute atomic E-state index is 0.410. The summed E-state index contributed by atoms with van der Waals surface area (Å²) >= 11 is 6.88. The van der Waals surface area contributed by atoms with Gasteiger partial charge in [0.25, 0.3) is 0 Å². The first-order valence-corrected chi connectivity index (χ1v) is 15.0. The van der Waals surface area contributed by atoms with Gasteiger partial charge in [0.1, 0.15) is 0 Å². The molecule has 0 aromatic heterocycles. The molecule has 0 spiro atoms. The maximum Gasteiger partial charge on any atom is 0.495 e. The standard InChI is InChI=1S/C38H28BClO2/c1-37(2)38(3,4)42-39(41-37)30-18-17-27-32-25(30)15-10-16-26(32)35-31(21-11-6-5-7-12-21)29-20-22(40)19-28-23-13-8-9-14-24(23)34(33(28)29)36(27)35/h5-20H,1-4H3. The van der Waals surface area contributed by atoms with Gasteiger partial charge in [0, 0.05) is 5.02 Å². The molecule has 42 heavy (non-hydrogen) atoms. The summed E-state index contributed by atoms with van der Waals surface area (Å²) in [5.41, 5.74) is 2.69. The van der Waals surface area contributed by atoms with Gasteiger partial charge in [-0.15, -0.1) is 0 Å². The molecule has 1 heterocycles. The normalized spacial score (nSPS) is 16.8. The molecule has 0 amide bonds. The first-order valence-electron chi connectivity index (χ1n) is 14.7. The summed E-state index contributed by atoms with van der Waals surface area (Å²) in [5.74, 6) is 0. The number of halogens is 1. The van der Waals surface area contributed by atoms with E-state index in [-0.39, 0.29) is 0 Å². The van der Waals surface area contributed by atoms with Crippen LogP contribution < -0.4 is 5.46 Å². The van der Waals surface area contributed by atoms with Gasteiger partial charge in [0.15, 0.2) is 0 Å². The lowest BCUT2D eigenvalue weighted by Gasteiger charge is -2.32. The minimum atomic E-state index is -0.433. The highest BCUT2D eigenvalue weighted by molar-refractivity contribution is 6.66. The molecule has 1 fully saturated rings. The Morgan fingerprint density at radius 1 is 0.500 bits per heavy atom. The summed E-state index contributed by atoms with van der Waals surface area (Å²) in [4.78, 5) is 0. The van der Waals surface area contributed by atoms with Gasteiger partial charge >= 0.3 is 7.12 Å². The predicted molar refractivity (Wildman–Crippen MR) is 180 cm³/mol. The van der Waals surface area contributed by atoms with Gasteiger partial charge in [-0.2, -0.15) is 0 Å². The van der Waals surface area contributed by atoms with Crippen molar-refractivity contribution in [2.75, 3.05) is 0 Å². The highest BCUT2D eigenvalue weighted by Crippen LogP contribution is 2.53. The molecule has 0 unspecified atom stereocenters. The Kier molecular flexibility index (Phi) is 4.79. The molecule has 9 rings (SSSR count). The van der Waals surface area contributed by atoms with Gasteiger partial charge in [-0.3, -0.25) is 0 Å². The Hall–Kier alpha value is -3.89. The van der Waals surface area contributed by atoms with Gasteiger partial charge in [-0.1, -0.05) is 96.5 Å². The second-order valence-electron chi connectivity index (χ2n) is 12.8. The fourth-order valence-corrected chi connectivity index (χ4v) is 7.68. The third-order valence-corrected chi connectivity index (χ3v) is 10.3. The van der Waals surface area contributed by atoms with E-state index >= 15 is 0 Å². The Morgan fingerprint density at radius 2 is 1.10 bits per heavy atom. The zero-order valence-corrected chi connectivity index (χ0v) is 24.8. The zero-order valence-electron chi connectivity index (χ0n) is 24.0. The molecule has 8 aromatic rings. The quantitative estimate of drug-likeness (QED) is 0.195. The van der Waals surface area contributed by atoms with Crippen LogP contribution >= 0.6 is 11.6 Å². The molecule has 2 nitrogen and oxygen atoms in total. The molecule has 0 bridgehead atoms. The Bertz CT molecular complexity index is 2360. The summed E-state index contributed by atoms with van der Waals surface area (Å²) in [6.07, 6.45) is 0. The summed E-state index contributed by atoms with van der Waals surface area (Å²) < 4.78 is 13.1. The number of fused-ring (bicyclic) bond motifs is 7. The summed E-state index contributed by atoms with van der Waals surface area (Å²) in [6.45, 7) is 8.45. The molecule has 202 valence electrons. The van der Waals surface area contributed by atoms with E-state index in [1.54, 1.807) is 0 Å². The fourth-order valence-electron chi connectivity index (χ4n) is 7.47. The molecule has 0 aliphatic carbocycles. The second kappa shape index (κ2) is 8.14. The highest BCUT2D eigenvalue weighted by atomic mass is 35.5. The largest absolute Gasteiger partial charge is 0.495 e. The maximum atomic E-state index is 6.88. The zero-order chi connectivity index (χ0) is 28.5. The van der Waals surface area contributed by atoms with Crippen molar-refractivity contribution in [1.82, 2.24) is 0 Å². The van der Waals surface area contributed by atoms with Crippen molar-refractivity contribution in [1.29, 1.82) is 0 Å². The number of hydrogen-bond acceptors (Lipinski definition) is 2. The molecule has 0 radical (unpaired) electrons. The van der Waals surface area contributed by atoms with E-state index in [4.69, 9.17) is 20.9 Å². The molecule has 0 saturated carbocycles. The molecule has 0 atom stereocenters. The third kappa shape index (κ3) is 3.04. The Labute approximate surface area is 249 Å². The van der Waals surface area contributed by atoms with Crippen molar-refractivity contribution in [3.8, 4) is 11.1 Å². The molecule has 1 aliphatic rings. The Balaban J connectivity index is 1.52. The van der Waals surface area contributed by atoms with Crippen LogP contribution in [0, 0.1) is 0 Å². The monoisotopic (exact) mass is 562 g/mol. The molecule has 0 N–H and O–H groups in total. The lowest BCUT2D eigenvalue weighted by atomic mass is 9.75. The predicted octanol–water partition coefficient (Wildman–Crippen LogP) is 10.1. The number of benzene rings is 6. The van der Waals surface area contributed by atoms with Crippen LogP contribution in [0.15, 0.2) is 97.1 Å². The fraction of sp³-hybridized carbons (Fsp3) is 0.158. The van der Waals surface area contributed by atoms with E-state index in [0.717, 1.165) is 10.5 Å². The van der Waals surface area contributed by atoms with Crippen LogP contribution in [0.5, 0.6) is 0 Å². The maximum absolute atomic E-state index is 6.88. The van der Waals surface area contributed by atoms with Gasteiger partial charge < -0.3 is 9.31 Å². The highest BCUT2D eigenvalue weighted by Gasteiger charge is 2.52. The van der Waals surface area contributed by atoms with Crippen molar-refractivity contribution in [3.63, 3.8) is 0 Å². The van der Waals surface area contributed by atoms with E-state index in [1.807, 2.05) is 0 Å². The molecule has 1 saturated heterocycles. The van der Waals surface area contributed by atoms with E-state index < -0.39 is 18.3 Å². The van der Waals surface area contributed by atoms with E-state index in [1.165, 1.54) is 75.8 Å². The van der Waals surface area contributed by atoms with Crippen LogP contribution in [-0.2, 0) is 9.31 Å². The van der Waals surface area contributed by atoms with Crippen LogP contribution in [0.4, 0.5) is 0 Å². The molecular formula is C38H28BClO2. The van der Waals surface area contributed by atoms with Gasteiger partial charge in [-0.05, 0) is 121 Å². The second-order valence-corrected chi connectivity index (χ2v) is 13.2. The smallest absolute Gasteiger partial charge is 0.399 e. The SMILES string of the molecule is CC1(C)OB(c2ccc3c4c2cccc4c2c(-c4ccccc4)c4cc(Cl)cc5c6ccccc6c(c45)c32)OC1(C)C. The van der Waals surface area contributed by atoms with Crippen LogP contribution in [0.25, 0.3) is 75.8 Å². The molecular weight excluding hydrogens is 535 g/mol. The summed E-state index contributed by atoms with van der Waals surface area (Å²) in [5, 5.41) is 15.8. The van der Waals surface area contributed by atoms with E-state index in [2.05, 4.69) is 125 Å². The Morgan fingerprint density at radius 3 is 1.86 bits per heavy atom. The van der Waals surface area contributed by atoms with Crippen molar-refractivity contribution in [3.05, 3.63) is 102 Å². The molecule has 4 heteroatoms. The van der Waals surface area contributed by atoms with Crippen molar-refractivity contribution in [2.45, 2.75) is 38.9 Å². The van der Waals surface area contributed by atoms with Crippen LogP contribution in [0.2, 0.25) is 5.02 Å². The molecule has 8 aromatic carbocycles. The number of rotatable bonds is 2. The first kappa shape index (κ1) is 24.7. The summed E-state index contributed by atoms with van der Waals surface area (Å²) in [6, 6.07) is 35.1. The van der Waals surface area contributed by atoms with Crippen LogP contribution in [-0.4, -0.2) is 18.3 Å². The summed E-state index contributed by atoms with van der Waals surface area (Å²) in [7, 11) is -0.433. The van der Waals surface area contributed by atoms with Crippen molar-refractivity contribution in [2.24, 2.45) is 0 Å².